The summed E-state index contributed by atoms with van der Waals surface area (Å²) in [5, 5.41) is 0. The Labute approximate surface area is 96.2 Å². The second-order valence-electron chi connectivity index (χ2n) is 4.17. The van der Waals surface area contributed by atoms with Gasteiger partial charge in [0.25, 0.3) is 0 Å². The van der Waals surface area contributed by atoms with Gasteiger partial charge in [0, 0.05) is 6.21 Å². The molecule has 86 valence electrons. The quantitative estimate of drug-likeness (QED) is 0.576. The largest absolute Gasteiger partial charge is 0.468 e. The van der Waals surface area contributed by atoms with Crippen molar-refractivity contribution in [2.45, 2.75) is 20.4 Å². The summed E-state index contributed by atoms with van der Waals surface area (Å²) in [5.74, 6) is -0.274. The van der Waals surface area contributed by atoms with Crippen molar-refractivity contribution in [2.24, 2.45) is 10.4 Å². The summed E-state index contributed by atoms with van der Waals surface area (Å²) in [4.78, 5) is 15.6. The minimum atomic E-state index is -0.663. The summed E-state index contributed by atoms with van der Waals surface area (Å²) >= 11 is 0. The van der Waals surface area contributed by atoms with Crippen LogP contribution in [-0.4, -0.2) is 19.3 Å². The van der Waals surface area contributed by atoms with Crippen molar-refractivity contribution in [1.29, 1.82) is 0 Å². The van der Waals surface area contributed by atoms with Crippen LogP contribution in [0.2, 0.25) is 0 Å². The predicted molar refractivity (Wildman–Crippen MR) is 64.4 cm³/mol. The van der Waals surface area contributed by atoms with Crippen LogP contribution in [0.3, 0.4) is 0 Å². The summed E-state index contributed by atoms with van der Waals surface area (Å²) in [5.41, 5.74) is 0.461. The highest BCUT2D eigenvalue weighted by molar-refractivity contribution is 5.94. The van der Waals surface area contributed by atoms with E-state index in [4.69, 9.17) is 0 Å². The number of carbonyl (C=O) groups excluding carboxylic acids is 1. The number of esters is 1. The average molecular weight is 219 g/mol. The van der Waals surface area contributed by atoms with Crippen molar-refractivity contribution >= 4 is 12.2 Å². The second-order valence-corrected chi connectivity index (χ2v) is 4.17. The average Bonchev–Trinajstić information content (AvgIpc) is 2.29. The Hall–Kier alpha value is -1.64. The number of hydrogen-bond acceptors (Lipinski definition) is 3. The zero-order valence-electron chi connectivity index (χ0n) is 9.93. The van der Waals surface area contributed by atoms with E-state index in [2.05, 4.69) is 9.73 Å². The highest BCUT2D eigenvalue weighted by Gasteiger charge is 2.25. The lowest BCUT2D eigenvalue weighted by atomic mass is 9.96. The normalized spacial score (nSPS) is 11.7. The van der Waals surface area contributed by atoms with Crippen LogP contribution in [0.25, 0.3) is 0 Å². The van der Waals surface area contributed by atoms with Crippen molar-refractivity contribution in [3.63, 3.8) is 0 Å². The van der Waals surface area contributed by atoms with Gasteiger partial charge >= 0.3 is 5.97 Å². The van der Waals surface area contributed by atoms with E-state index >= 15 is 0 Å². The van der Waals surface area contributed by atoms with Crippen molar-refractivity contribution in [3.8, 4) is 0 Å². The molecule has 0 saturated heterocycles. The molecular weight excluding hydrogens is 202 g/mol. The SMILES string of the molecule is COC(=O)C(C)(C)C=NCc1ccccc1. The molecule has 1 aromatic rings. The second kappa shape index (κ2) is 5.45. The van der Waals surface area contributed by atoms with Gasteiger partial charge in [0.2, 0.25) is 0 Å². The molecule has 0 amide bonds. The molecule has 0 aliphatic rings. The van der Waals surface area contributed by atoms with Gasteiger partial charge in [0.15, 0.2) is 0 Å². The third-order valence-corrected chi connectivity index (χ3v) is 2.24. The van der Waals surface area contributed by atoms with Crippen LogP contribution in [0.1, 0.15) is 19.4 Å². The van der Waals surface area contributed by atoms with Gasteiger partial charge in [0.1, 0.15) is 0 Å². The number of nitrogens with zero attached hydrogens (tertiary/aromatic N) is 1. The Kier molecular flexibility index (Phi) is 4.23. The molecule has 0 radical (unpaired) electrons. The van der Waals surface area contributed by atoms with Gasteiger partial charge in [0.05, 0.1) is 19.1 Å². The highest BCUT2D eigenvalue weighted by Crippen LogP contribution is 2.14. The Morgan fingerprint density at radius 1 is 1.38 bits per heavy atom. The minimum Gasteiger partial charge on any atom is -0.468 e. The van der Waals surface area contributed by atoms with E-state index in [1.54, 1.807) is 20.1 Å². The van der Waals surface area contributed by atoms with Crippen LogP contribution < -0.4 is 0 Å². The van der Waals surface area contributed by atoms with Gasteiger partial charge in [-0.3, -0.25) is 9.79 Å². The van der Waals surface area contributed by atoms with Gasteiger partial charge in [-0.2, -0.15) is 0 Å². The molecule has 0 aromatic heterocycles. The molecule has 0 unspecified atom stereocenters. The predicted octanol–water partition coefficient (Wildman–Crippen LogP) is 2.46. The molecule has 0 aliphatic heterocycles. The fourth-order valence-corrected chi connectivity index (χ4v) is 1.28. The highest BCUT2D eigenvalue weighted by atomic mass is 16.5. The first-order chi connectivity index (χ1) is 7.56. The number of carbonyl (C=O) groups is 1. The van der Waals surface area contributed by atoms with Crippen molar-refractivity contribution in [2.75, 3.05) is 7.11 Å². The lowest BCUT2D eigenvalue weighted by Gasteiger charge is -2.15. The number of methoxy groups -OCH3 is 1. The molecule has 0 heterocycles. The number of hydrogen-bond donors (Lipinski definition) is 0. The number of ether oxygens (including phenoxy) is 1. The Morgan fingerprint density at radius 2 is 2.00 bits per heavy atom. The minimum absolute atomic E-state index is 0.274. The van der Waals surface area contributed by atoms with E-state index in [1.807, 2.05) is 30.3 Å². The van der Waals surface area contributed by atoms with E-state index in [-0.39, 0.29) is 5.97 Å². The van der Waals surface area contributed by atoms with Crippen LogP contribution in [0, 0.1) is 5.41 Å². The smallest absolute Gasteiger partial charge is 0.316 e. The molecule has 0 bridgehead atoms. The van der Waals surface area contributed by atoms with Crippen LogP contribution in [-0.2, 0) is 16.1 Å². The zero-order chi connectivity index (χ0) is 12.0. The summed E-state index contributed by atoms with van der Waals surface area (Å²) in [7, 11) is 1.38. The number of aliphatic imine (C=N–C) groups is 1. The maximum atomic E-state index is 11.4. The maximum absolute atomic E-state index is 11.4. The first-order valence-electron chi connectivity index (χ1n) is 5.19. The molecule has 0 N–H and O–H groups in total. The Morgan fingerprint density at radius 3 is 2.56 bits per heavy atom. The van der Waals surface area contributed by atoms with Gasteiger partial charge in [-0.05, 0) is 19.4 Å². The molecule has 0 fully saturated rings. The fourth-order valence-electron chi connectivity index (χ4n) is 1.28. The van der Waals surface area contributed by atoms with E-state index in [0.717, 1.165) is 5.56 Å². The summed E-state index contributed by atoms with van der Waals surface area (Å²) in [6, 6.07) is 9.91. The topological polar surface area (TPSA) is 38.7 Å². The van der Waals surface area contributed by atoms with Gasteiger partial charge in [-0.15, -0.1) is 0 Å². The van der Waals surface area contributed by atoms with E-state index < -0.39 is 5.41 Å². The molecule has 1 aromatic carbocycles. The lowest BCUT2D eigenvalue weighted by molar-refractivity contribution is -0.146. The standard InChI is InChI=1S/C13H17NO2/c1-13(2,12(15)16-3)10-14-9-11-7-5-4-6-8-11/h4-8,10H,9H2,1-3H3. The summed E-state index contributed by atoms with van der Waals surface area (Å²) in [6.45, 7) is 4.15. The maximum Gasteiger partial charge on any atom is 0.316 e. The van der Waals surface area contributed by atoms with Gasteiger partial charge in [-0.25, -0.2) is 0 Å². The summed E-state index contributed by atoms with van der Waals surface area (Å²) in [6.07, 6.45) is 1.64. The van der Waals surface area contributed by atoms with E-state index in [9.17, 15) is 4.79 Å². The molecule has 0 spiro atoms. The number of benzene rings is 1. The third kappa shape index (κ3) is 3.50. The molecule has 0 atom stereocenters. The van der Waals surface area contributed by atoms with E-state index in [0.29, 0.717) is 6.54 Å². The van der Waals surface area contributed by atoms with Crippen molar-refractivity contribution in [3.05, 3.63) is 35.9 Å². The molecule has 3 heteroatoms. The first-order valence-corrected chi connectivity index (χ1v) is 5.19. The van der Waals surface area contributed by atoms with E-state index in [1.165, 1.54) is 7.11 Å². The molecule has 16 heavy (non-hydrogen) atoms. The molecular formula is C13H17NO2. The lowest BCUT2D eigenvalue weighted by Crippen LogP contribution is -2.27. The van der Waals surface area contributed by atoms with Crippen LogP contribution in [0.4, 0.5) is 0 Å². The van der Waals surface area contributed by atoms with Gasteiger partial charge < -0.3 is 4.74 Å². The molecule has 0 saturated carbocycles. The fraction of sp³-hybridized carbons (Fsp3) is 0.385. The zero-order valence-corrected chi connectivity index (χ0v) is 9.93. The van der Waals surface area contributed by atoms with Crippen LogP contribution >= 0.6 is 0 Å². The Balaban J connectivity index is 2.58. The molecule has 0 aliphatic carbocycles. The first kappa shape index (κ1) is 12.4. The molecule has 3 nitrogen and oxygen atoms in total. The van der Waals surface area contributed by atoms with Crippen LogP contribution in [0.5, 0.6) is 0 Å². The van der Waals surface area contributed by atoms with Crippen molar-refractivity contribution < 1.29 is 9.53 Å². The third-order valence-electron chi connectivity index (χ3n) is 2.24. The summed E-state index contributed by atoms with van der Waals surface area (Å²) < 4.78 is 4.69. The number of rotatable bonds is 4. The Bertz CT molecular complexity index is 369. The molecule has 1 rings (SSSR count). The monoisotopic (exact) mass is 219 g/mol. The van der Waals surface area contributed by atoms with Gasteiger partial charge in [-0.1, -0.05) is 30.3 Å². The van der Waals surface area contributed by atoms with Crippen molar-refractivity contribution in [1.82, 2.24) is 0 Å². The van der Waals surface area contributed by atoms with Crippen LogP contribution in [0.15, 0.2) is 35.3 Å².